The number of H-pyrrole nitrogens is 1. The van der Waals surface area contributed by atoms with Crippen LogP contribution in [0.1, 0.15) is 0 Å². The van der Waals surface area contributed by atoms with Gasteiger partial charge in [-0.3, -0.25) is 14.6 Å². The van der Waals surface area contributed by atoms with E-state index in [4.69, 9.17) is 5.11 Å². The molecule has 0 saturated heterocycles. The predicted molar refractivity (Wildman–Crippen MR) is 55.5 cm³/mol. The van der Waals surface area contributed by atoms with E-state index in [-0.39, 0.29) is 12.2 Å². The molecule has 0 aliphatic carbocycles. The lowest BCUT2D eigenvalue weighted by molar-refractivity contribution is 0.267. The quantitative estimate of drug-likeness (QED) is 0.790. The minimum atomic E-state index is -0.111. The second kappa shape index (κ2) is 3.81. The standard InChI is InChI=1S/C9H10N2O2S/c12-3-2-11-9(13)5-8(10-11)7-1-4-14-6-7/h1,4-6,10,12H,2-3H2. The van der Waals surface area contributed by atoms with Crippen molar-refractivity contribution >= 4 is 11.3 Å². The average Bonchev–Trinajstić information content (AvgIpc) is 2.76. The lowest BCUT2D eigenvalue weighted by Crippen LogP contribution is -2.17. The third kappa shape index (κ3) is 1.64. The normalized spacial score (nSPS) is 10.6. The molecule has 0 saturated carbocycles. The number of aromatic nitrogens is 2. The second-order valence-corrected chi connectivity index (χ2v) is 3.68. The first kappa shape index (κ1) is 9.23. The minimum absolute atomic E-state index is 0.0382. The summed E-state index contributed by atoms with van der Waals surface area (Å²) < 4.78 is 1.40. The van der Waals surface area contributed by atoms with Gasteiger partial charge in [0.05, 0.1) is 18.8 Å². The number of hydrogen-bond acceptors (Lipinski definition) is 3. The molecule has 0 spiro atoms. The molecule has 74 valence electrons. The van der Waals surface area contributed by atoms with Gasteiger partial charge in [-0.05, 0) is 11.4 Å². The molecule has 2 aromatic rings. The van der Waals surface area contributed by atoms with Gasteiger partial charge in [0.2, 0.25) is 0 Å². The Morgan fingerprint density at radius 2 is 2.43 bits per heavy atom. The molecular weight excluding hydrogens is 200 g/mol. The van der Waals surface area contributed by atoms with Crippen LogP contribution in [-0.4, -0.2) is 21.5 Å². The fourth-order valence-electron chi connectivity index (χ4n) is 1.27. The third-order valence-electron chi connectivity index (χ3n) is 1.95. The summed E-state index contributed by atoms with van der Waals surface area (Å²) in [5.74, 6) is 0. The highest BCUT2D eigenvalue weighted by atomic mass is 32.1. The van der Waals surface area contributed by atoms with Crippen molar-refractivity contribution in [3.63, 3.8) is 0 Å². The molecule has 0 fully saturated rings. The van der Waals surface area contributed by atoms with Crippen molar-refractivity contribution in [2.75, 3.05) is 6.61 Å². The molecule has 0 amide bonds. The van der Waals surface area contributed by atoms with Crippen molar-refractivity contribution in [1.29, 1.82) is 0 Å². The van der Waals surface area contributed by atoms with Crippen LogP contribution in [-0.2, 0) is 6.54 Å². The molecule has 14 heavy (non-hydrogen) atoms. The summed E-state index contributed by atoms with van der Waals surface area (Å²) >= 11 is 1.58. The molecule has 4 nitrogen and oxygen atoms in total. The molecule has 0 aliphatic rings. The smallest absolute Gasteiger partial charge is 0.267 e. The highest BCUT2D eigenvalue weighted by Crippen LogP contribution is 2.17. The molecule has 0 aromatic carbocycles. The van der Waals surface area contributed by atoms with Gasteiger partial charge in [0.25, 0.3) is 5.56 Å². The van der Waals surface area contributed by atoms with Crippen LogP contribution in [0.4, 0.5) is 0 Å². The van der Waals surface area contributed by atoms with Gasteiger partial charge >= 0.3 is 0 Å². The maximum atomic E-state index is 11.3. The summed E-state index contributed by atoms with van der Waals surface area (Å²) in [6.45, 7) is 0.270. The van der Waals surface area contributed by atoms with E-state index in [1.165, 1.54) is 10.7 Å². The number of thiophene rings is 1. The fraction of sp³-hybridized carbons (Fsp3) is 0.222. The van der Waals surface area contributed by atoms with Crippen LogP contribution in [0.5, 0.6) is 0 Å². The average molecular weight is 210 g/mol. The zero-order valence-electron chi connectivity index (χ0n) is 7.43. The molecule has 0 unspecified atom stereocenters. The predicted octanol–water partition coefficient (Wildman–Crippen LogP) is 0.897. The van der Waals surface area contributed by atoms with E-state index >= 15 is 0 Å². The first-order chi connectivity index (χ1) is 6.81. The Kier molecular flexibility index (Phi) is 2.51. The molecular formula is C9H10N2O2S. The molecule has 2 heterocycles. The molecule has 0 bridgehead atoms. The van der Waals surface area contributed by atoms with Gasteiger partial charge in [-0.1, -0.05) is 0 Å². The van der Waals surface area contributed by atoms with E-state index in [1.807, 2.05) is 16.8 Å². The van der Waals surface area contributed by atoms with Crippen molar-refractivity contribution in [3.8, 4) is 11.3 Å². The lowest BCUT2D eigenvalue weighted by Gasteiger charge is -1.96. The van der Waals surface area contributed by atoms with E-state index < -0.39 is 0 Å². The Hall–Kier alpha value is -1.33. The SMILES string of the molecule is O=c1cc(-c2ccsc2)[nH]n1CCO. The number of nitrogens with zero attached hydrogens (tertiary/aromatic N) is 1. The first-order valence-electron chi connectivity index (χ1n) is 4.24. The summed E-state index contributed by atoms with van der Waals surface area (Å²) in [4.78, 5) is 11.3. The summed E-state index contributed by atoms with van der Waals surface area (Å²) in [6, 6.07) is 3.48. The third-order valence-corrected chi connectivity index (χ3v) is 2.63. The van der Waals surface area contributed by atoms with Crippen LogP contribution in [0.3, 0.4) is 0 Å². The van der Waals surface area contributed by atoms with Gasteiger partial charge in [0.1, 0.15) is 0 Å². The molecule has 0 aliphatic heterocycles. The Morgan fingerprint density at radius 1 is 1.57 bits per heavy atom. The van der Waals surface area contributed by atoms with Crippen molar-refractivity contribution < 1.29 is 5.11 Å². The summed E-state index contributed by atoms with van der Waals surface area (Å²) in [7, 11) is 0. The lowest BCUT2D eigenvalue weighted by atomic mass is 10.2. The van der Waals surface area contributed by atoms with Crippen molar-refractivity contribution in [1.82, 2.24) is 9.78 Å². The number of nitrogens with one attached hydrogen (secondary N) is 1. The number of aliphatic hydroxyl groups excluding tert-OH is 1. The van der Waals surface area contributed by atoms with Crippen LogP contribution in [0.25, 0.3) is 11.3 Å². The summed E-state index contributed by atoms with van der Waals surface area (Å²) in [6.07, 6.45) is 0. The first-order valence-corrected chi connectivity index (χ1v) is 5.19. The van der Waals surface area contributed by atoms with E-state index in [1.54, 1.807) is 11.3 Å². The molecule has 0 atom stereocenters. The van der Waals surface area contributed by atoms with Gasteiger partial charge in [-0.15, -0.1) is 0 Å². The van der Waals surface area contributed by atoms with Crippen molar-refractivity contribution in [2.24, 2.45) is 0 Å². The zero-order chi connectivity index (χ0) is 9.97. The highest BCUT2D eigenvalue weighted by molar-refractivity contribution is 7.08. The van der Waals surface area contributed by atoms with Gasteiger partial charge in [-0.2, -0.15) is 11.3 Å². The second-order valence-electron chi connectivity index (χ2n) is 2.90. The maximum absolute atomic E-state index is 11.3. The van der Waals surface area contributed by atoms with Gasteiger partial charge in [0.15, 0.2) is 0 Å². The van der Waals surface area contributed by atoms with E-state index in [0.717, 1.165) is 11.3 Å². The zero-order valence-corrected chi connectivity index (χ0v) is 8.25. The highest BCUT2D eigenvalue weighted by Gasteiger charge is 2.04. The van der Waals surface area contributed by atoms with E-state index in [9.17, 15) is 4.79 Å². The number of aromatic amines is 1. The number of rotatable bonds is 3. The number of hydrogen-bond donors (Lipinski definition) is 2. The van der Waals surface area contributed by atoms with Gasteiger partial charge in [0, 0.05) is 17.0 Å². The number of aliphatic hydroxyl groups is 1. The fourth-order valence-corrected chi connectivity index (χ4v) is 1.92. The molecule has 2 aromatic heterocycles. The van der Waals surface area contributed by atoms with E-state index in [2.05, 4.69) is 5.10 Å². The molecule has 0 radical (unpaired) electrons. The van der Waals surface area contributed by atoms with Crippen LogP contribution in [0.2, 0.25) is 0 Å². The van der Waals surface area contributed by atoms with E-state index in [0.29, 0.717) is 6.54 Å². The largest absolute Gasteiger partial charge is 0.394 e. The van der Waals surface area contributed by atoms with Gasteiger partial charge < -0.3 is 5.11 Å². The van der Waals surface area contributed by atoms with Crippen LogP contribution < -0.4 is 5.56 Å². The van der Waals surface area contributed by atoms with Crippen molar-refractivity contribution in [3.05, 3.63) is 33.2 Å². The Bertz CT molecular complexity index is 455. The summed E-state index contributed by atoms with van der Waals surface area (Å²) in [5, 5.41) is 15.6. The minimum Gasteiger partial charge on any atom is -0.394 e. The summed E-state index contributed by atoms with van der Waals surface area (Å²) in [5.41, 5.74) is 1.69. The Balaban J connectivity index is 2.38. The molecule has 2 N–H and O–H groups in total. The van der Waals surface area contributed by atoms with Crippen molar-refractivity contribution in [2.45, 2.75) is 6.54 Å². The van der Waals surface area contributed by atoms with Crippen LogP contribution in [0, 0.1) is 0 Å². The monoisotopic (exact) mass is 210 g/mol. The van der Waals surface area contributed by atoms with Gasteiger partial charge in [-0.25, -0.2) is 0 Å². The topological polar surface area (TPSA) is 58.0 Å². The molecule has 5 heteroatoms. The maximum Gasteiger partial charge on any atom is 0.267 e. The van der Waals surface area contributed by atoms with Crippen LogP contribution >= 0.6 is 11.3 Å². The Morgan fingerprint density at radius 3 is 3.07 bits per heavy atom. The van der Waals surface area contributed by atoms with Crippen LogP contribution in [0.15, 0.2) is 27.7 Å². The molecule has 2 rings (SSSR count). The Labute approximate surface area is 84.4 Å².